The third kappa shape index (κ3) is 2.45. The van der Waals surface area contributed by atoms with Gasteiger partial charge in [0.15, 0.2) is 0 Å². The van der Waals surface area contributed by atoms with E-state index in [1.807, 2.05) is 31.2 Å². The van der Waals surface area contributed by atoms with Gasteiger partial charge in [-0.25, -0.2) is 4.98 Å². The molecule has 2 rings (SSSR count). The van der Waals surface area contributed by atoms with E-state index in [-0.39, 0.29) is 5.69 Å². The van der Waals surface area contributed by atoms with Crippen LogP contribution in [0.25, 0.3) is 10.9 Å². The van der Waals surface area contributed by atoms with Crippen molar-refractivity contribution in [1.82, 2.24) is 10.3 Å². The number of benzene rings is 1. The van der Waals surface area contributed by atoms with Crippen molar-refractivity contribution >= 4 is 22.8 Å². The topological polar surface area (TPSA) is 79.3 Å². The number of carboxylic acids is 1. The van der Waals surface area contributed by atoms with Crippen LogP contribution in [0.15, 0.2) is 30.3 Å². The third-order valence-electron chi connectivity index (χ3n) is 2.58. The summed E-state index contributed by atoms with van der Waals surface area (Å²) >= 11 is 0. The molecule has 1 aromatic carbocycles. The van der Waals surface area contributed by atoms with Crippen molar-refractivity contribution in [1.29, 1.82) is 0 Å². The lowest BCUT2D eigenvalue weighted by molar-refractivity contribution is -0.135. The van der Waals surface area contributed by atoms with Crippen LogP contribution < -0.4 is 5.32 Å². The molecular weight excluding hydrogens is 232 g/mol. The maximum Gasteiger partial charge on any atom is 0.322 e. The first-order chi connectivity index (χ1) is 8.58. The molecular formula is C13H12N2O3. The van der Waals surface area contributed by atoms with Gasteiger partial charge in [-0.2, -0.15) is 0 Å². The van der Waals surface area contributed by atoms with E-state index < -0.39 is 18.4 Å². The standard InChI is InChI=1S/C13H12N2O3/c1-8-3-2-4-10-9(8)5-6-11(15-10)13(18)14-7-12(16)17/h2-6H,7H2,1H3,(H,14,18)(H,16,17). The van der Waals surface area contributed by atoms with Gasteiger partial charge in [-0.3, -0.25) is 9.59 Å². The van der Waals surface area contributed by atoms with E-state index in [0.717, 1.165) is 16.5 Å². The minimum Gasteiger partial charge on any atom is -0.480 e. The third-order valence-corrected chi connectivity index (χ3v) is 2.58. The number of hydrogen-bond acceptors (Lipinski definition) is 3. The predicted molar refractivity (Wildman–Crippen MR) is 66.4 cm³/mol. The van der Waals surface area contributed by atoms with Crippen LogP contribution in [-0.4, -0.2) is 28.5 Å². The molecule has 18 heavy (non-hydrogen) atoms. The van der Waals surface area contributed by atoms with E-state index in [1.54, 1.807) is 6.07 Å². The number of nitrogens with one attached hydrogen (secondary N) is 1. The Kier molecular flexibility index (Phi) is 3.23. The molecule has 0 unspecified atom stereocenters. The molecule has 1 heterocycles. The molecule has 92 valence electrons. The Bertz CT molecular complexity index is 623. The largest absolute Gasteiger partial charge is 0.480 e. The van der Waals surface area contributed by atoms with Gasteiger partial charge in [-0.1, -0.05) is 18.2 Å². The van der Waals surface area contributed by atoms with Gasteiger partial charge in [0.25, 0.3) is 5.91 Å². The highest BCUT2D eigenvalue weighted by atomic mass is 16.4. The number of carbonyl (C=O) groups is 2. The number of rotatable bonds is 3. The molecule has 0 aliphatic heterocycles. The first-order valence-corrected chi connectivity index (χ1v) is 5.44. The Labute approximate surface area is 103 Å². The van der Waals surface area contributed by atoms with Gasteiger partial charge in [0, 0.05) is 5.39 Å². The predicted octanol–water partition coefficient (Wildman–Crippen LogP) is 1.36. The summed E-state index contributed by atoms with van der Waals surface area (Å²) in [6, 6.07) is 9.05. The molecule has 0 bridgehead atoms. The van der Waals surface area contributed by atoms with E-state index in [9.17, 15) is 9.59 Å². The fourth-order valence-corrected chi connectivity index (χ4v) is 1.68. The quantitative estimate of drug-likeness (QED) is 0.854. The van der Waals surface area contributed by atoms with Crippen LogP contribution in [-0.2, 0) is 4.79 Å². The Morgan fingerprint density at radius 1 is 1.28 bits per heavy atom. The normalized spacial score (nSPS) is 10.3. The molecule has 0 atom stereocenters. The number of carboxylic acid groups (broad SMARTS) is 1. The van der Waals surface area contributed by atoms with Gasteiger partial charge >= 0.3 is 5.97 Å². The summed E-state index contributed by atoms with van der Waals surface area (Å²) < 4.78 is 0. The molecule has 5 heteroatoms. The Hall–Kier alpha value is -2.43. The van der Waals surface area contributed by atoms with Crippen molar-refractivity contribution in [2.45, 2.75) is 6.92 Å². The summed E-state index contributed by atoms with van der Waals surface area (Å²) in [7, 11) is 0. The Balaban J connectivity index is 2.30. The van der Waals surface area contributed by atoms with Crippen LogP contribution in [0, 0.1) is 6.92 Å². The molecule has 0 saturated carbocycles. The number of aliphatic carboxylic acids is 1. The van der Waals surface area contributed by atoms with Crippen LogP contribution >= 0.6 is 0 Å². The first kappa shape index (κ1) is 12.0. The highest BCUT2D eigenvalue weighted by Crippen LogP contribution is 2.16. The lowest BCUT2D eigenvalue weighted by Gasteiger charge is -2.05. The van der Waals surface area contributed by atoms with Crippen molar-refractivity contribution in [2.75, 3.05) is 6.54 Å². The molecule has 1 aromatic heterocycles. The van der Waals surface area contributed by atoms with Crippen LogP contribution in [0.3, 0.4) is 0 Å². The number of nitrogens with zero attached hydrogens (tertiary/aromatic N) is 1. The summed E-state index contributed by atoms with van der Waals surface area (Å²) in [5, 5.41) is 11.7. The van der Waals surface area contributed by atoms with Crippen LogP contribution in [0.5, 0.6) is 0 Å². The second kappa shape index (κ2) is 4.83. The monoisotopic (exact) mass is 244 g/mol. The smallest absolute Gasteiger partial charge is 0.322 e. The Morgan fingerprint density at radius 3 is 2.78 bits per heavy atom. The number of aryl methyl sites for hydroxylation is 1. The number of aromatic nitrogens is 1. The second-order valence-electron chi connectivity index (χ2n) is 3.91. The van der Waals surface area contributed by atoms with Gasteiger partial charge in [0.05, 0.1) is 5.52 Å². The first-order valence-electron chi connectivity index (χ1n) is 5.44. The van der Waals surface area contributed by atoms with E-state index in [4.69, 9.17) is 5.11 Å². The lowest BCUT2D eigenvalue weighted by Crippen LogP contribution is -2.29. The van der Waals surface area contributed by atoms with E-state index in [1.165, 1.54) is 0 Å². The number of amides is 1. The molecule has 0 radical (unpaired) electrons. The van der Waals surface area contributed by atoms with Crippen molar-refractivity contribution < 1.29 is 14.7 Å². The number of hydrogen-bond donors (Lipinski definition) is 2. The molecule has 2 aromatic rings. The summed E-state index contributed by atoms with van der Waals surface area (Å²) in [6.07, 6.45) is 0. The molecule has 0 aliphatic rings. The zero-order valence-electron chi connectivity index (χ0n) is 9.80. The van der Waals surface area contributed by atoms with Crippen molar-refractivity contribution in [3.8, 4) is 0 Å². The fourth-order valence-electron chi connectivity index (χ4n) is 1.68. The second-order valence-corrected chi connectivity index (χ2v) is 3.91. The highest BCUT2D eigenvalue weighted by Gasteiger charge is 2.09. The molecule has 0 saturated heterocycles. The van der Waals surface area contributed by atoms with Crippen molar-refractivity contribution in [3.05, 3.63) is 41.6 Å². The Morgan fingerprint density at radius 2 is 2.06 bits per heavy atom. The van der Waals surface area contributed by atoms with Crippen LogP contribution in [0.4, 0.5) is 0 Å². The van der Waals surface area contributed by atoms with Gasteiger partial charge in [0.2, 0.25) is 0 Å². The van der Waals surface area contributed by atoms with Crippen molar-refractivity contribution in [3.63, 3.8) is 0 Å². The molecule has 1 amide bonds. The minimum atomic E-state index is -1.08. The van der Waals surface area contributed by atoms with E-state index in [2.05, 4.69) is 10.3 Å². The lowest BCUT2D eigenvalue weighted by atomic mass is 10.1. The zero-order chi connectivity index (χ0) is 13.1. The van der Waals surface area contributed by atoms with Crippen molar-refractivity contribution in [2.24, 2.45) is 0 Å². The van der Waals surface area contributed by atoms with Gasteiger partial charge in [0.1, 0.15) is 12.2 Å². The fraction of sp³-hybridized carbons (Fsp3) is 0.154. The maximum absolute atomic E-state index is 11.6. The van der Waals surface area contributed by atoms with Gasteiger partial charge in [-0.05, 0) is 24.6 Å². The van der Waals surface area contributed by atoms with Gasteiger partial charge < -0.3 is 10.4 Å². The minimum absolute atomic E-state index is 0.217. The summed E-state index contributed by atoms with van der Waals surface area (Å²) in [5.41, 5.74) is 2.02. The number of fused-ring (bicyclic) bond motifs is 1. The molecule has 5 nitrogen and oxygen atoms in total. The molecule has 2 N–H and O–H groups in total. The molecule has 0 aliphatic carbocycles. The average molecular weight is 244 g/mol. The molecule has 0 fully saturated rings. The number of pyridine rings is 1. The highest BCUT2D eigenvalue weighted by molar-refractivity contribution is 5.96. The van der Waals surface area contributed by atoms with E-state index >= 15 is 0 Å². The summed E-state index contributed by atoms with van der Waals surface area (Å²) in [4.78, 5) is 26.2. The summed E-state index contributed by atoms with van der Waals surface area (Å²) in [6.45, 7) is 1.56. The zero-order valence-corrected chi connectivity index (χ0v) is 9.80. The SMILES string of the molecule is Cc1cccc2nc(C(=O)NCC(=O)O)ccc12. The summed E-state index contributed by atoms with van der Waals surface area (Å²) in [5.74, 6) is -1.57. The maximum atomic E-state index is 11.6. The van der Waals surface area contributed by atoms with E-state index in [0.29, 0.717) is 0 Å². The van der Waals surface area contributed by atoms with Crippen LogP contribution in [0.1, 0.15) is 16.1 Å². The van der Waals surface area contributed by atoms with Gasteiger partial charge in [-0.15, -0.1) is 0 Å². The van der Waals surface area contributed by atoms with Crippen LogP contribution in [0.2, 0.25) is 0 Å². The number of carbonyl (C=O) groups excluding carboxylic acids is 1. The average Bonchev–Trinajstić information content (AvgIpc) is 2.35. The molecule has 0 spiro atoms.